The Hall–Kier alpha value is -3.32. The normalized spacial score (nSPS) is 15.5. The quantitative estimate of drug-likeness (QED) is 0.719. The molecule has 0 saturated heterocycles. The van der Waals surface area contributed by atoms with Gasteiger partial charge in [0.15, 0.2) is 5.65 Å². The molecule has 0 fully saturated rings. The number of amides is 1. The van der Waals surface area contributed by atoms with Crippen LogP contribution < -0.4 is 10.9 Å². The lowest BCUT2D eigenvalue weighted by Gasteiger charge is -2.19. The van der Waals surface area contributed by atoms with Crippen LogP contribution in [0.5, 0.6) is 0 Å². The van der Waals surface area contributed by atoms with E-state index in [0.29, 0.717) is 35.4 Å². The molecule has 7 nitrogen and oxygen atoms in total. The van der Waals surface area contributed by atoms with Crippen LogP contribution in [0.2, 0.25) is 0 Å². The minimum absolute atomic E-state index is 0.0845. The number of nitrogens with one attached hydrogen (secondary N) is 1. The van der Waals surface area contributed by atoms with Crippen LogP contribution in [-0.4, -0.2) is 52.4 Å². The van der Waals surface area contributed by atoms with Crippen LogP contribution in [0.15, 0.2) is 53.7 Å². The highest BCUT2D eigenvalue weighted by atomic mass is 16.2. The molecule has 1 N–H and O–H groups in total. The van der Waals surface area contributed by atoms with Gasteiger partial charge in [0, 0.05) is 43.2 Å². The Morgan fingerprint density at radius 1 is 1.31 bits per heavy atom. The average Bonchev–Trinajstić information content (AvgIpc) is 2.73. The molecular weight excluding hydrogens is 366 g/mol. The summed E-state index contributed by atoms with van der Waals surface area (Å²) in [4.78, 5) is 36.6. The van der Waals surface area contributed by atoms with Crippen LogP contribution in [0.25, 0.3) is 11.7 Å². The summed E-state index contributed by atoms with van der Waals surface area (Å²) in [6.45, 7) is 1.26. The lowest BCUT2D eigenvalue weighted by Crippen LogP contribution is -2.32. The summed E-state index contributed by atoms with van der Waals surface area (Å²) in [5, 5.41) is 2.89. The van der Waals surface area contributed by atoms with Crippen LogP contribution in [0.1, 0.15) is 33.1 Å². The summed E-state index contributed by atoms with van der Waals surface area (Å²) in [5.74, 6) is -0.147. The van der Waals surface area contributed by atoms with Gasteiger partial charge in [0.1, 0.15) is 0 Å². The van der Waals surface area contributed by atoms with Gasteiger partial charge in [-0.3, -0.25) is 19.0 Å². The number of nitrogens with zero attached hydrogens (tertiary/aromatic N) is 4. The Kier molecular flexibility index (Phi) is 5.22. The minimum Gasteiger partial charge on any atom is -0.351 e. The van der Waals surface area contributed by atoms with E-state index in [9.17, 15) is 9.59 Å². The van der Waals surface area contributed by atoms with Gasteiger partial charge < -0.3 is 10.2 Å². The number of hydrogen-bond donors (Lipinski definition) is 1. The first-order chi connectivity index (χ1) is 14.0. The van der Waals surface area contributed by atoms with E-state index in [1.54, 1.807) is 24.5 Å². The minimum atomic E-state index is -0.232. The third kappa shape index (κ3) is 3.82. The summed E-state index contributed by atoms with van der Waals surface area (Å²) in [6, 6.07) is 7.31. The smallest absolute Gasteiger partial charge is 0.261 e. The van der Waals surface area contributed by atoms with E-state index in [-0.39, 0.29) is 17.4 Å². The van der Waals surface area contributed by atoms with Gasteiger partial charge in [-0.15, -0.1) is 0 Å². The Bertz CT molecular complexity index is 1140. The Balaban J connectivity index is 1.70. The molecule has 0 radical (unpaired) electrons. The molecule has 7 heteroatoms. The zero-order valence-corrected chi connectivity index (χ0v) is 16.5. The number of pyridine rings is 2. The average molecular weight is 389 g/mol. The van der Waals surface area contributed by atoms with E-state index in [1.165, 1.54) is 4.40 Å². The molecule has 1 aliphatic carbocycles. The second-order valence-corrected chi connectivity index (χ2v) is 7.41. The van der Waals surface area contributed by atoms with Crippen LogP contribution in [0.4, 0.5) is 0 Å². The van der Waals surface area contributed by atoms with Gasteiger partial charge in [0.25, 0.3) is 11.5 Å². The molecule has 0 spiro atoms. The summed E-state index contributed by atoms with van der Waals surface area (Å²) in [6.07, 6.45) is 9.70. The number of fused-ring (bicyclic) bond motifs is 2. The molecular formula is C22H23N5O2. The highest BCUT2D eigenvalue weighted by Crippen LogP contribution is 2.27. The van der Waals surface area contributed by atoms with E-state index in [4.69, 9.17) is 0 Å². The SMILES string of the molecule is CN(C)CCNC(=O)c1cccn2c(=O)c3c(nc12)C=CC(c1cccnc1)C3. The maximum atomic E-state index is 13.2. The van der Waals surface area contributed by atoms with Crippen molar-refractivity contribution in [2.75, 3.05) is 27.2 Å². The third-order valence-electron chi connectivity index (χ3n) is 5.09. The summed E-state index contributed by atoms with van der Waals surface area (Å²) < 4.78 is 1.47. The van der Waals surface area contributed by atoms with Crippen LogP contribution >= 0.6 is 0 Å². The predicted molar refractivity (Wildman–Crippen MR) is 112 cm³/mol. The van der Waals surface area contributed by atoms with E-state index >= 15 is 0 Å². The molecule has 1 unspecified atom stereocenters. The standard InChI is InChI=1S/C22H23N5O2/c1-26(2)12-10-24-21(28)17-6-4-11-27-20(17)25-19-8-7-15(13-18(19)22(27)29)16-5-3-9-23-14-16/h3-9,11,14-15H,10,12-13H2,1-2H3,(H,24,28). The van der Waals surface area contributed by atoms with Crippen LogP contribution in [0, 0.1) is 0 Å². The number of rotatable bonds is 5. The van der Waals surface area contributed by atoms with Crippen LogP contribution in [-0.2, 0) is 6.42 Å². The highest BCUT2D eigenvalue weighted by Gasteiger charge is 2.22. The first kappa shape index (κ1) is 19.0. The van der Waals surface area contributed by atoms with Gasteiger partial charge in [0.05, 0.1) is 11.3 Å². The molecule has 1 atom stereocenters. The van der Waals surface area contributed by atoms with E-state index in [1.807, 2.05) is 49.5 Å². The molecule has 3 aromatic heterocycles. The summed E-state index contributed by atoms with van der Waals surface area (Å²) >= 11 is 0. The van der Waals surface area contributed by atoms with E-state index < -0.39 is 0 Å². The fourth-order valence-electron chi connectivity index (χ4n) is 3.53. The van der Waals surface area contributed by atoms with Crippen molar-refractivity contribution in [1.82, 2.24) is 24.6 Å². The summed E-state index contributed by atoms with van der Waals surface area (Å²) in [5.41, 5.74) is 2.99. The van der Waals surface area contributed by atoms with Crippen molar-refractivity contribution < 1.29 is 4.79 Å². The van der Waals surface area contributed by atoms with Gasteiger partial charge >= 0.3 is 0 Å². The molecule has 4 rings (SSSR count). The zero-order chi connectivity index (χ0) is 20.4. The Morgan fingerprint density at radius 3 is 2.93 bits per heavy atom. The molecule has 3 heterocycles. The van der Waals surface area contributed by atoms with Crippen molar-refractivity contribution in [2.24, 2.45) is 0 Å². The molecule has 1 amide bonds. The number of carbonyl (C=O) groups excluding carboxylic acids is 1. The third-order valence-corrected chi connectivity index (χ3v) is 5.09. The van der Waals surface area contributed by atoms with Crippen molar-refractivity contribution in [3.05, 3.63) is 81.7 Å². The zero-order valence-electron chi connectivity index (χ0n) is 16.5. The van der Waals surface area contributed by atoms with Crippen molar-refractivity contribution in [3.63, 3.8) is 0 Å². The molecule has 29 heavy (non-hydrogen) atoms. The van der Waals surface area contributed by atoms with Crippen molar-refractivity contribution in [2.45, 2.75) is 12.3 Å². The molecule has 3 aromatic rings. The second kappa shape index (κ2) is 7.97. The van der Waals surface area contributed by atoms with E-state index in [2.05, 4.69) is 15.3 Å². The number of hydrogen-bond acceptors (Lipinski definition) is 5. The highest BCUT2D eigenvalue weighted by molar-refractivity contribution is 5.99. The monoisotopic (exact) mass is 389 g/mol. The van der Waals surface area contributed by atoms with Crippen LogP contribution in [0.3, 0.4) is 0 Å². The largest absolute Gasteiger partial charge is 0.351 e. The first-order valence-corrected chi connectivity index (χ1v) is 9.60. The predicted octanol–water partition coefficient (Wildman–Crippen LogP) is 1.73. The molecule has 0 aliphatic heterocycles. The molecule has 0 aromatic carbocycles. The fourth-order valence-corrected chi connectivity index (χ4v) is 3.53. The van der Waals surface area contributed by atoms with E-state index in [0.717, 1.165) is 12.1 Å². The number of aromatic nitrogens is 3. The topological polar surface area (TPSA) is 79.6 Å². The fraction of sp³-hybridized carbons (Fsp3) is 0.273. The first-order valence-electron chi connectivity index (χ1n) is 9.60. The van der Waals surface area contributed by atoms with Gasteiger partial charge in [-0.25, -0.2) is 4.98 Å². The van der Waals surface area contributed by atoms with Gasteiger partial charge in [-0.05, 0) is 50.4 Å². The maximum absolute atomic E-state index is 13.2. The molecule has 0 saturated carbocycles. The van der Waals surface area contributed by atoms with Gasteiger partial charge in [-0.2, -0.15) is 0 Å². The van der Waals surface area contributed by atoms with Gasteiger partial charge in [-0.1, -0.05) is 12.1 Å². The van der Waals surface area contributed by atoms with Crippen molar-refractivity contribution in [1.29, 1.82) is 0 Å². The Labute approximate surface area is 168 Å². The van der Waals surface area contributed by atoms with Crippen molar-refractivity contribution in [3.8, 4) is 0 Å². The molecule has 1 aliphatic rings. The lowest BCUT2D eigenvalue weighted by molar-refractivity contribution is 0.0952. The summed E-state index contributed by atoms with van der Waals surface area (Å²) in [7, 11) is 3.89. The number of likely N-dealkylation sites (N-methyl/N-ethyl adjacent to an activating group) is 1. The molecule has 148 valence electrons. The molecule has 0 bridgehead atoms. The Morgan fingerprint density at radius 2 is 2.17 bits per heavy atom. The number of carbonyl (C=O) groups is 1. The lowest BCUT2D eigenvalue weighted by atomic mass is 9.88. The van der Waals surface area contributed by atoms with Gasteiger partial charge in [0.2, 0.25) is 0 Å². The van der Waals surface area contributed by atoms with Crippen molar-refractivity contribution >= 4 is 17.6 Å². The second-order valence-electron chi connectivity index (χ2n) is 7.41. The number of allylic oxidation sites excluding steroid dienone is 1. The maximum Gasteiger partial charge on any atom is 0.261 e.